The van der Waals surface area contributed by atoms with E-state index in [0.717, 1.165) is 0 Å². The molecular weight excluding hydrogens is 226 g/mol. The quantitative estimate of drug-likeness (QED) is 0.825. The van der Waals surface area contributed by atoms with Crippen LogP contribution in [0.3, 0.4) is 0 Å². The van der Waals surface area contributed by atoms with Gasteiger partial charge in [-0.1, -0.05) is 0 Å². The summed E-state index contributed by atoms with van der Waals surface area (Å²) in [6.07, 6.45) is 1.39. The van der Waals surface area contributed by atoms with Crippen LogP contribution in [0.5, 0.6) is 0 Å². The number of carboxylic acids is 1. The maximum absolute atomic E-state index is 11.5. The summed E-state index contributed by atoms with van der Waals surface area (Å²) in [5.41, 5.74) is -0.181. The molecular formula is C10H11N3O4. The summed E-state index contributed by atoms with van der Waals surface area (Å²) in [5, 5.41) is 12.7. The van der Waals surface area contributed by atoms with Crippen LogP contribution in [0.15, 0.2) is 21.6 Å². The van der Waals surface area contributed by atoms with Crippen molar-refractivity contribution in [1.82, 2.24) is 14.3 Å². The summed E-state index contributed by atoms with van der Waals surface area (Å²) in [5.74, 6) is -0.344. The van der Waals surface area contributed by atoms with Crippen molar-refractivity contribution in [3.63, 3.8) is 0 Å². The summed E-state index contributed by atoms with van der Waals surface area (Å²) in [7, 11) is 1.59. The fraction of sp³-hybridized carbons (Fsp3) is 0.300. The zero-order chi connectivity index (χ0) is 12.6. The van der Waals surface area contributed by atoms with Crippen molar-refractivity contribution in [2.24, 2.45) is 7.05 Å². The third-order valence-corrected chi connectivity index (χ3v) is 2.39. The van der Waals surface area contributed by atoms with E-state index >= 15 is 0 Å². The van der Waals surface area contributed by atoms with E-state index in [1.165, 1.54) is 21.6 Å². The first-order valence-electron chi connectivity index (χ1n) is 4.90. The van der Waals surface area contributed by atoms with Crippen LogP contribution in [0.1, 0.15) is 21.9 Å². The third kappa shape index (κ3) is 1.99. The number of hydrogen-bond acceptors (Lipinski definition) is 4. The van der Waals surface area contributed by atoms with Crippen molar-refractivity contribution in [1.29, 1.82) is 0 Å². The molecule has 17 heavy (non-hydrogen) atoms. The van der Waals surface area contributed by atoms with E-state index in [-0.39, 0.29) is 17.8 Å². The number of aromatic nitrogens is 3. The number of furan rings is 1. The van der Waals surface area contributed by atoms with Gasteiger partial charge in [0.05, 0.1) is 0 Å². The Bertz CT molecular complexity index is 620. The molecule has 0 aromatic carbocycles. The predicted octanol–water partition coefficient (Wildman–Crippen LogP) is 0.230. The molecule has 1 N–H and O–H groups in total. The van der Waals surface area contributed by atoms with Gasteiger partial charge in [-0.25, -0.2) is 14.3 Å². The zero-order valence-corrected chi connectivity index (χ0v) is 9.38. The summed E-state index contributed by atoms with van der Waals surface area (Å²) in [6.45, 7) is 1.68. The lowest BCUT2D eigenvalue weighted by atomic mass is 10.2. The molecule has 2 aromatic heterocycles. The van der Waals surface area contributed by atoms with Crippen molar-refractivity contribution in [3.05, 3.63) is 40.0 Å². The molecule has 0 unspecified atom stereocenters. The number of aromatic carboxylic acids is 1. The second kappa shape index (κ2) is 3.93. The second-order valence-corrected chi connectivity index (χ2v) is 3.67. The van der Waals surface area contributed by atoms with Gasteiger partial charge in [0.15, 0.2) is 0 Å². The van der Waals surface area contributed by atoms with Crippen LogP contribution in [0.25, 0.3) is 0 Å². The van der Waals surface area contributed by atoms with Crippen LogP contribution in [0, 0.1) is 6.92 Å². The Hall–Kier alpha value is -2.31. The lowest BCUT2D eigenvalue weighted by Crippen LogP contribution is -2.23. The zero-order valence-electron chi connectivity index (χ0n) is 9.38. The Morgan fingerprint density at radius 2 is 2.29 bits per heavy atom. The maximum Gasteiger partial charge on any atom is 0.345 e. The minimum absolute atomic E-state index is 0.101. The van der Waals surface area contributed by atoms with E-state index in [2.05, 4.69) is 5.10 Å². The lowest BCUT2D eigenvalue weighted by molar-refractivity contribution is 0.0695. The largest absolute Gasteiger partial charge is 0.478 e. The van der Waals surface area contributed by atoms with Gasteiger partial charge in [0.1, 0.15) is 30.0 Å². The molecule has 2 heterocycles. The Kier molecular flexibility index (Phi) is 2.58. The van der Waals surface area contributed by atoms with Crippen LogP contribution >= 0.6 is 0 Å². The average molecular weight is 237 g/mol. The monoisotopic (exact) mass is 237 g/mol. The topological polar surface area (TPSA) is 90.3 Å². The number of carboxylic acid groups (broad SMARTS) is 1. The first-order valence-corrected chi connectivity index (χ1v) is 4.90. The molecule has 0 atom stereocenters. The van der Waals surface area contributed by atoms with E-state index in [9.17, 15) is 9.59 Å². The van der Waals surface area contributed by atoms with Crippen molar-refractivity contribution >= 4 is 5.97 Å². The van der Waals surface area contributed by atoms with Gasteiger partial charge in [0.25, 0.3) is 0 Å². The van der Waals surface area contributed by atoms with E-state index in [1.807, 2.05) is 0 Å². The highest BCUT2D eigenvalue weighted by molar-refractivity contribution is 5.88. The fourth-order valence-corrected chi connectivity index (χ4v) is 1.51. The van der Waals surface area contributed by atoms with E-state index in [1.54, 1.807) is 14.0 Å². The molecule has 2 rings (SSSR count). The molecule has 0 aliphatic heterocycles. The molecule has 0 saturated carbocycles. The summed E-state index contributed by atoms with van der Waals surface area (Å²) < 4.78 is 7.78. The van der Waals surface area contributed by atoms with Gasteiger partial charge in [-0.15, -0.1) is 0 Å². The standard InChI is InChI=1S/C10H11N3O4/c1-6-8(9(14)15)3-7(17-6)4-13-10(16)12(2)5-11-13/h3,5H,4H2,1-2H3,(H,14,15). The van der Waals surface area contributed by atoms with Crippen LogP contribution in [-0.2, 0) is 13.6 Å². The molecule has 0 bridgehead atoms. The second-order valence-electron chi connectivity index (χ2n) is 3.67. The minimum Gasteiger partial charge on any atom is -0.478 e. The molecule has 0 saturated heterocycles. The van der Waals surface area contributed by atoms with Crippen LogP contribution in [0.2, 0.25) is 0 Å². The Balaban J connectivity index is 2.31. The van der Waals surface area contributed by atoms with Gasteiger partial charge in [-0.05, 0) is 13.0 Å². The number of rotatable bonds is 3. The Morgan fingerprint density at radius 3 is 2.76 bits per heavy atom. The van der Waals surface area contributed by atoms with Gasteiger partial charge < -0.3 is 9.52 Å². The highest BCUT2D eigenvalue weighted by Gasteiger charge is 2.14. The Morgan fingerprint density at radius 1 is 1.59 bits per heavy atom. The summed E-state index contributed by atoms with van der Waals surface area (Å²) >= 11 is 0. The molecule has 0 amide bonds. The normalized spacial score (nSPS) is 10.7. The highest BCUT2D eigenvalue weighted by Crippen LogP contribution is 2.14. The number of carbonyl (C=O) groups is 1. The van der Waals surface area contributed by atoms with Crippen LogP contribution < -0.4 is 5.69 Å². The van der Waals surface area contributed by atoms with Crippen molar-refractivity contribution in [2.45, 2.75) is 13.5 Å². The SMILES string of the molecule is Cc1oc(Cn2ncn(C)c2=O)cc1C(=O)O. The first kappa shape index (κ1) is 11.2. The summed E-state index contributed by atoms with van der Waals surface area (Å²) in [6, 6.07) is 1.40. The van der Waals surface area contributed by atoms with Crippen molar-refractivity contribution in [3.8, 4) is 0 Å². The maximum atomic E-state index is 11.5. The molecule has 90 valence electrons. The molecule has 7 heteroatoms. The van der Waals surface area contributed by atoms with Gasteiger partial charge in [-0.3, -0.25) is 4.57 Å². The number of hydrogen-bond donors (Lipinski definition) is 1. The molecule has 0 aliphatic carbocycles. The van der Waals surface area contributed by atoms with E-state index in [0.29, 0.717) is 11.5 Å². The molecule has 0 fully saturated rings. The van der Waals surface area contributed by atoms with Gasteiger partial charge in [0.2, 0.25) is 0 Å². The molecule has 2 aromatic rings. The van der Waals surface area contributed by atoms with Crippen molar-refractivity contribution in [2.75, 3.05) is 0 Å². The van der Waals surface area contributed by atoms with Gasteiger partial charge >= 0.3 is 11.7 Å². The third-order valence-electron chi connectivity index (χ3n) is 2.39. The molecule has 0 aliphatic rings. The average Bonchev–Trinajstić information content (AvgIpc) is 2.76. The number of nitrogens with zero attached hydrogens (tertiary/aromatic N) is 3. The van der Waals surface area contributed by atoms with Crippen molar-refractivity contribution < 1.29 is 14.3 Å². The smallest absolute Gasteiger partial charge is 0.345 e. The first-order chi connectivity index (χ1) is 7.99. The highest BCUT2D eigenvalue weighted by atomic mass is 16.4. The van der Waals surface area contributed by atoms with Crippen LogP contribution in [0.4, 0.5) is 0 Å². The molecule has 0 radical (unpaired) electrons. The van der Waals surface area contributed by atoms with E-state index < -0.39 is 5.97 Å². The fourth-order valence-electron chi connectivity index (χ4n) is 1.51. The van der Waals surface area contributed by atoms with Gasteiger partial charge in [0, 0.05) is 7.05 Å². The summed E-state index contributed by atoms with van der Waals surface area (Å²) in [4.78, 5) is 22.3. The molecule has 0 spiro atoms. The van der Waals surface area contributed by atoms with E-state index in [4.69, 9.17) is 9.52 Å². The molecule has 7 nitrogen and oxygen atoms in total. The predicted molar refractivity (Wildman–Crippen MR) is 57.0 cm³/mol. The Labute approximate surface area is 95.9 Å². The number of aryl methyl sites for hydroxylation is 2. The lowest BCUT2D eigenvalue weighted by Gasteiger charge is -1.94. The minimum atomic E-state index is -1.05. The van der Waals surface area contributed by atoms with Gasteiger partial charge in [-0.2, -0.15) is 5.10 Å². The van der Waals surface area contributed by atoms with Crippen LogP contribution in [-0.4, -0.2) is 25.4 Å².